The van der Waals surface area contributed by atoms with E-state index in [2.05, 4.69) is 0 Å². The molecule has 2 aromatic rings. The minimum absolute atomic E-state index is 0.170. The molecule has 1 heterocycles. The van der Waals surface area contributed by atoms with Gasteiger partial charge in [0.1, 0.15) is 12.4 Å². The van der Waals surface area contributed by atoms with Crippen LogP contribution in [0.3, 0.4) is 0 Å². The Morgan fingerprint density at radius 2 is 1.62 bits per heavy atom. The number of rotatable bonds is 6. The van der Waals surface area contributed by atoms with Gasteiger partial charge in [0.05, 0.1) is 29.3 Å². The van der Waals surface area contributed by atoms with Crippen molar-refractivity contribution in [2.24, 2.45) is 14.1 Å². The lowest BCUT2D eigenvalue weighted by Crippen LogP contribution is -2.52. The highest BCUT2D eigenvalue weighted by molar-refractivity contribution is 6.33. The molecule has 0 amide bonds. The number of hydrogen-bond donors (Lipinski definition) is 0. The lowest BCUT2D eigenvalue weighted by molar-refractivity contribution is -0.143. The van der Waals surface area contributed by atoms with Crippen LogP contribution in [0.25, 0.3) is 5.69 Å². The smallest absolute Gasteiger partial charge is 0.340 e. The molecule has 29 heavy (non-hydrogen) atoms. The summed E-state index contributed by atoms with van der Waals surface area (Å²) in [5.74, 6) is -2.65. The Morgan fingerprint density at radius 3 is 2.17 bits per heavy atom. The number of carbonyl (C=O) groups is 2. The van der Waals surface area contributed by atoms with Crippen LogP contribution in [0, 0.1) is 5.82 Å². The van der Waals surface area contributed by atoms with Crippen molar-refractivity contribution in [2.45, 2.75) is 13.3 Å². The summed E-state index contributed by atoms with van der Waals surface area (Å²) < 4.78 is 25.7. The minimum Gasteiger partial charge on any atom is -0.466 e. The normalized spacial score (nSPS) is 10.7. The van der Waals surface area contributed by atoms with Gasteiger partial charge in [0.25, 0.3) is 0 Å². The van der Waals surface area contributed by atoms with Gasteiger partial charge in [0.2, 0.25) is 0 Å². The van der Waals surface area contributed by atoms with Gasteiger partial charge in [0.15, 0.2) is 0 Å². The molecule has 0 aliphatic heterocycles. The molecule has 0 aliphatic rings. The second kappa shape index (κ2) is 8.86. The molecule has 0 saturated carbocycles. The summed E-state index contributed by atoms with van der Waals surface area (Å²) in [4.78, 5) is 60.0. The summed E-state index contributed by atoms with van der Waals surface area (Å²) in [5, 5.41) is -0.331. The number of benzene rings is 1. The average molecular weight is 430 g/mol. The van der Waals surface area contributed by atoms with Crippen LogP contribution in [0.5, 0.6) is 0 Å². The number of aromatic nitrogens is 3. The van der Waals surface area contributed by atoms with Crippen molar-refractivity contribution in [3.05, 3.63) is 60.0 Å². The van der Waals surface area contributed by atoms with Crippen LogP contribution in [0.1, 0.15) is 23.7 Å². The Kier molecular flexibility index (Phi) is 6.75. The number of hydrogen-bond acceptors (Lipinski definition) is 7. The number of nitrogens with zero attached hydrogens (tertiary/aromatic N) is 3. The van der Waals surface area contributed by atoms with Crippen molar-refractivity contribution < 1.29 is 23.5 Å². The van der Waals surface area contributed by atoms with Crippen molar-refractivity contribution >= 4 is 23.5 Å². The summed E-state index contributed by atoms with van der Waals surface area (Å²) in [6.07, 6.45) is -0.202. The topological polar surface area (TPSA) is 119 Å². The van der Waals surface area contributed by atoms with Crippen molar-refractivity contribution in [2.75, 3.05) is 13.2 Å². The summed E-state index contributed by atoms with van der Waals surface area (Å²) in [7, 11) is 2.22. The van der Waals surface area contributed by atoms with Gasteiger partial charge in [-0.2, -0.15) is 0 Å². The van der Waals surface area contributed by atoms with E-state index >= 15 is 0 Å². The SMILES string of the molecule is CCOC(=O)CCOC(=O)c1cc(-n2c(=O)n(C)c(=O)n(C)c2=O)c(F)cc1Cl. The molecular weight excluding hydrogens is 413 g/mol. The molecule has 0 radical (unpaired) electrons. The number of carbonyl (C=O) groups excluding carboxylic acids is 2. The molecule has 0 aliphatic carbocycles. The molecule has 0 saturated heterocycles. The molecule has 0 unspecified atom stereocenters. The third kappa shape index (κ3) is 4.45. The summed E-state index contributed by atoms with van der Waals surface area (Å²) in [5.41, 5.74) is -4.05. The van der Waals surface area contributed by atoms with Gasteiger partial charge in [-0.1, -0.05) is 11.6 Å². The van der Waals surface area contributed by atoms with Crippen LogP contribution >= 0.6 is 11.6 Å². The number of halogens is 2. The molecule has 0 spiro atoms. The van der Waals surface area contributed by atoms with Gasteiger partial charge in [-0.05, 0) is 19.1 Å². The Balaban J connectivity index is 2.47. The first-order chi connectivity index (χ1) is 13.6. The maximum atomic E-state index is 14.5. The Hall–Kier alpha value is -3.21. The van der Waals surface area contributed by atoms with Crippen molar-refractivity contribution in [1.29, 1.82) is 0 Å². The quantitative estimate of drug-likeness (QED) is 0.599. The highest BCUT2D eigenvalue weighted by Crippen LogP contribution is 2.23. The zero-order valence-electron chi connectivity index (χ0n) is 15.7. The largest absolute Gasteiger partial charge is 0.466 e. The maximum absolute atomic E-state index is 14.5. The maximum Gasteiger partial charge on any atom is 0.340 e. The van der Waals surface area contributed by atoms with E-state index in [4.69, 9.17) is 21.1 Å². The molecular formula is C17H17ClFN3O7. The lowest BCUT2D eigenvalue weighted by atomic mass is 10.2. The van der Waals surface area contributed by atoms with Gasteiger partial charge in [-0.3, -0.25) is 4.79 Å². The third-order valence-electron chi connectivity index (χ3n) is 3.87. The Morgan fingerprint density at radius 1 is 1.03 bits per heavy atom. The lowest BCUT2D eigenvalue weighted by Gasteiger charge is -2.12. The van der Waals surface area contributed by atoms with Crippen LogP contribution < -0.4 is 17.1 Å². The summed E-state index contributed by atoms with van der Waals surface area (Å²) in [6, 6.07) is 1.59. The van der Waals surface area contributed by atoms with E-state index in [-0.39, 0.29) is 30.2 Å². The highest BCUT2D eigenvalue weighted by atomic mass is 35.5. The second-order valence-electron chi connectivity index (χ2n) is 5.78. The van der Waals surface area contributed by atoms with Gasteiger partial charge in [-0.25, -0.2) is 37.3 Å². The average Bonchev–Trinajstić information content (AvgIpc) is 2.66. The van der Waals surface area contributed by atoms with E-state index in [1.165, 1.54) is 0 Å². The van der Waals surface area contributed by atoms with Gasteiger partial charge < -0.3 is 9.47 Å². The van der Waals surface area contributed by atoms with E-state index in [9.17, 15) is 28.4 Å². The molecule has 0 bridgehead atoms. The van der Waals surface area contributed by atoms with E-state index in [0.29, 0.717) is 13.7 Å². The molecule has 0 fully saturated rings. The van der Waals surface area contributed by atoms with E-state index in [1.807, 2.05) is 0 Å². The molecule has 1 aromatic carbocycles. The van der Waals surface area contributed by atoms with Gasteiger partial charge in [0, 0.05) is 14.1 Å². The summed E-state index contributed by atoms with van der Waals surface area (Å²) >= 11 is 5.88. The number of ether oxygens (including phenoxy) is 2. The Bertz CT molecular complexity index is 1110. The van der Waals surface area contributed by atoms with Crippen molar-refractivity contribution in [3.8, 4) is 5.69 Å². The van der Waals surface area contributed by atoms with E-state index in [1.54, 1.807) is 6.92 Å². The predicted molar refractivity (Wildman–Crippen MR) is 99.0 cm³/mol. The van der Waals surface area contributed by atoms with Crippen LogP contribution in [-0.2, 0) is 28.4 Å². The third-order valence-corrected chi connectivity index (χ3v) is 4.18. The second-order valence-corrected chi connectivity index (χ2v) is 6.18. The van der Waals surface area contributed by atoms with Crippen LogP contribution in [0.2, 0.25) is 5.02 Å². The monoisotopic (exact) mass is 429 g/mol. The molecule has 0 atom stereocenters. The standard InChI is InChI=1S/C17H17ClFN3O7/c1-4-28-13(23)5-6-29-14(24)9-7-12(11(19)8-10(9)18)22-16(26)20(2)15(25)21(3)17(22)27/h7-8H,4-6H2,1-3H3. The van der Waals surface area contributed by atoms with Gasteiger partial charge in [-0.15, -0.1) is 0 Å². The zero-order valence-corrected chi connectivity index (χ0v) is 16.5. The zero-order chi connectivity index (χ0) is 21.9. The first kappa shape index (κ1) is 22.1. The van der Waals surface area contributed by atoms with E-state index in [0.717, 1.165) is 26.2 Å². The fourth-order valence-corrected chi connectivity index (χ4v) is 2.61. The molecule has 10 nitrogen and oxygen atoms in total. The minimum atomic E-state index is -1.11. The van der Waals surface area contributed by atoms with Crippen LogP contribution in [0.4, 0.5) is 4.39 Å². The number of esters is 2. The molecule has 1 aromatic heterocycles. The fraction of sp³-hybridized carbons (Fsp3) is 0.353. The Labute approximate surface area is 167 Å². The highest BCUT2D eigenvalue weighted by Gasteiger charge is 2.21. The molecule has 2 rings (SSSR count). The van der Waals surface area contributed by atoms with Crippen LogP contribution in [0.15, 0.2) is 26.5 Å². The van der Waals surface area contributed by atoms with Crippen LogP contribution in [-0.4, -0.2) is 38.9 Å². The molecule has 12 heteroatoms. The summed E-state index contributed by atoms with van der Waals surface area (Å²) in [6.45, 7) is 1.47. The first-order valence-electron chi connectivity index (χ1n) is 8.31. The predicted octanol–water partition coefficient (Wildman–Crippen LogP) is 0.137. The van der Waals surface area contributed by atoms with E-state index < -0.39 is 40.5 Å². The van der Waals surface area contributed by atoms with Crippen molar-refractivity contribution in [1.82, 2.24) is 13.7 Å². The molecule has 156 valence electrons. The van der Waals surface area contributed by atoms with Gasteiger partial charge >= 0.3 is 29.0 Å². The fourth-order valence-electron chi connectivity index (χ4n) is 2.38. The van der Waals surface area contributed by atoms with Crippen molar-refractivity contribution in [3.63, 3.8) is 0 Å². The molecule has 0 N–H and O–H groups in total. The first-order valence-corrected chi connectivity index (χ1v) is 8.69.